The van der Waals surface area contributed by atoms with Gasteiger partial charge in [-0.2, -0.15) is 4.98 Å². The molecule has 2 aromatic heterocycles. The van der Waals surface area contributed by atoms with Gasteiger partial charge in [0.25, 0.3) is 15.9 Å². The van der Waals surface area contributed by atoms with Gasteiger partial charge in [0.15, 0.2) is 0 Å². The quantitative estimate of drug-likeness (QED) is 0.659. The molecule has 0 aromatic carbocycles. The Morgan fingerprint density at radius 3 is 2.72 bits per heavy atom. The molecule has 0 saturated carbocycles. The molecule has 0 spiro atoms. The van der Waals surface area contributed by atoms with Gasteiger partial charge in [0, 0.05) is 24.7 Å². The number of sulfonamides is 1. The molecule has 0 aliphatic carbocycles. The molecule has 0 atom stereocenters. The summed E-state index contributed by atoms with van der Waals surface area (Å²) in [5.74, 6) is -1.02. The molecule has 1 aliphatic heterocycles. The first-order chi connectivity index (χ1) is 13.7. The standard InChI is InChI=1S/C16H17N5O6S2/c1-9-8-11(27-2)18-15(17-9)19-16(24)20-29(25,26)10-5-7-28-13(10)14(23)21-6-3-4-12(21)22/h5,7-8H,3-4,6H2,1-2H3,(H2,17,18,19,20,24). The van der Waals surface area contributed by atoms with Gasteiger partial charge in [0.05, 0.1) is 7.11 Å². The van der Waals surface area contributed by atoms with Crippen LogP contribution < -0.4 is 14.8 Å². The zero-order valence-electron chi connectivity index (χ0n) is 15.5. The van der Waals surface area contributed by atoms with Crippen molar-refractivity contribution in [1.82, 2.24) is 19.6 Å². The lowest BCUT2D eigenvalue weighted by atomic mass is 10.4. The number of hydrogen-bond acceptors (Lipinski definition) is 9. The Kier molecular flexibility index (Phi) is 5.79. The predicted octanol–water partition coefficient (Wildman–Crippen LogP) is 1.13. The van der Waals surface area contributed by atoms with Gasteiger partial charge in [-0.1, -0.05) is 0 Å². The number of rotatable bonds is 5. The molecule has 11 nitrogen and oxygen atoms in total. The molecule has 1 fully saturated rings. The molecule has 0 unspecified atom stereocenters. The van der Waals surface area contributed by atoms with Gasteiger partial charge in [0.1, 0.15) is 9.77 Å². The number of aromatic nitrogens is 2. The minimum Gasteiger partial charge on any atom is -0.481 e. The van der Waals surface area contributed by atoms with Gasteiger partial charge in [-0.3, -0.25) is 19.8 Å². The van der Waals surface area contributed by atoms with Crippen LogP contribution in [0.3, 0.4) is 0 Å². The zero-order chi connectivity index (χ0) is 21.2. The summed E-state index contributed by atoms with van der Waals surface area (Å²) in [5, 5.41) is 3.61. The monoisotopic (exact) mass is 439 g/mol. The number of ether oxygens (including phenoxy) is 1. The number of anilines is 1. The van der Waals surface area contributed by atoms with Crippen molar-refractivity contribution in [2.24, 2.45) is 0 Å². The molecule has 4 amide bonds. The number of carbonyl (C=O) groups is 3. The fourth-order valence-corrected chi connectivity index (χ4v) is 4.93. The van der Waals surface area contributed by atoms with E-state index in [0.717, 1.165) is 16.2 Å². The molecule has 1 saturated heterocycles. The van der Waals surface area contributed by atoms with Gasteiger partial charge in [0.2, 0.25) is 17.7 Å². The van der Waals surface area contributed by atoms with E-state index in [4.69, 9.17) is 4.74 Å². The Balaban J connectivity index is 1.77. The van der Waals surface area contributed by atoms with Gasteiger partial charge >= 0.3 is 6.03 Å². The number of nitrogens with zero attached hydrogens (tertiary/aromatic N) is 3. The van der Waals surface area contributed by atoms with Crippen LogP contribution >= 0.6 is 11.3 Å². The molecule has 2 N–H and O–H groups in total. The van der Waals surface area contributed by atoms with Crippen LogP contribution in [0, 0.1) is 6.92 Å². The minimum absolute atomic E-state index is 0.144. The lowest BCUT2D eigenvalue weighted by Gasteiger charge is -2.14. The normalized spacial score (nSPS) is 14.0. The summed E-state index contributed by atoms with van der Waals surface area (Å²) in [4.78, 5) is 44.8. The van der Waals surface area contributed by atoms with Crippen molar-refractivity contribution < 1.29 is 27.5 Å². The Hall–Kier alpha value is -3.06. The van der Waals surface area contributed by atoms with E-state index >= 15 is 0 Å². The average molecular weight is 439 g/mol. The number of methoxy groups -OCH3 is 1. The molecule has 29 heavy (non-hydrogen) atoms. The number of carbonyl (C=O) groups excluding carboxylic acids is 3. The topological polar surface area (TPSA) is 148 Å². The Labute approximate surface area is 170 Å². The number of hydrogen-bond donors (Lipinski definition) is 2. The van der Waals surface area contributed by atoms with E-state index in [-0.39, 0.29) is 40.5 Å². The number of imide groups is 1. The van der Waals surface area contributed by atoms with Crippen LogP contribution in [0.4, 0.5) is 10.7 Å². The fourth-order valence-electron chi connectivity index (χ4n) is 2.65. The third-order valence-electron chi connectivity index (χ3n) is 3.92. The van der Waals surface area contributed by atoms with E-state index < -0.39 is 22.0 Å². The fraction of sp³-hybridized carbons (Fsp3) is 0.312. The van der Waals surface area contributed by atoms with Crippen LogP contribution in [-0.4, -0.2) is 54.8 Å². The molecule has 3 rings (SSSR count). The molecule has 13 heteroatoms. The third kappa shape index (κ3) is 4.51. The summed E-state index contributed by atoms with van der Waals surface area (Å²) in [6.45, 7) is 1.88. The molecular weight excluding hydrogens is 422 g/mol. The SMILES string of the molecule is COc1cc(C)nc(NC(=O)NS(=O)(=O)c2ccsc2C(=O)N2CCCC2=O)n1. The van der Waals surface area contributed by atoms with E-state index in [9.17, 15) is 22.8 Å². The van der Waals surface area contributed by atoms with Gasteiger partial charge in [-0.15, -0.1) is 11.3 Å². The van der Waals surface area contributed by atoms with Crippen molar-refractivity contribution in [3.63, 3.8) is 0 Å². The Morgan fingerprint density at radius 2 is 2.07 bits per heavy atom. The largest absolute Gasteiger partial charge is 0.481 e. The van der Waals surface area contributed by atoms with Gasteiger partial charge < -0.3 is 4.74 Å². The lowest BCUT2D eigenvalue weighted by Crippen LogP contribution is -2.37. The van der Waals surface area contributed by atoms with Gasteiger partial charge in [-0.25, -0.2) is 22.9 Å². The van der Waals surface area contributed by atoms with E-state index in [1.54, 1.807) is 6.92 Å². The molecule has 0 radical (unpaired) electrons. The molecule has 3 heterocycles. The maximum absolute atomic E-state index is 12.6. The number of likely N-dealkylation sites (tertiary alicyclic amines) is 1. The van der Waals surface area contributed by atoms with Crippen LogP contribution in [-0.2, 0) is 14.8 Å². The highest BCUT2D eigenvalue weighted by Crippen LogP contribution is 2.25. The predicted molar refractivity (Wildman–Crippen MR) is 102 cm³/mol. The van der Waals surface area contributed by atoms with Crippen LogP contribution in [0.15, 0.2) is 22.4 Å². The number of amides is 4. The minimum atomic E-state index is -4.38. The molecule has 2 aromatic rings. The summed E-state index contributed by atoms with van der Waals surface area (Å²) < 4.78 is 32.0. The lowest BCUT2D eigenvalue weighted by molar-refractivity contribution is -0.125. The third-order valence-corrected chi connectivity index (χ3v) is 6.33. The first kappa shape index (κ1) is 20.7. The highest BCUT2D eigenvalue weighted by Gasteiger charge is 2.33. The van der Waals surface area contributed by atoms with E-state index in [0.29, 0.717) is 12.1 Å². The highest BCUT2D eigenvalue weighted by atomic mass is 32.2. The summed E-state index contributed by atoms with van der Waals surface area (Å²) in [6.07, 6.45) is 0.762. The Morgan fingerprint density at radius 1 is 1.31 bits per heavy atom. The number of urea groups is 1. The number of nitrogens with one attached hydrogen (secondary N) is 2. The Bertz CT molecular complexity index is 1080. The van der Waals surface area contributed by atoms with Crippen molar-refractivity contribution in [2.75, 3.05) is 19.0 Å². The average Bonchev–Trinajstić information content (AvgIpc) is 3.29. The number of aryl methyl sites for hydroxylation is 1. The molecular formula is C16H17N5O6S2. The summed E-state index contributed by atoms with van der Waals surface area (Å²) in [5.41, 5.74) is 0.496. The maximum atomic E-state index is 12.6. The van der Waals surface area contributed by atoms with Crippen LogP contribution in [0.25, 0.3) is 0 Å². The summed E-state index contributed by atoms with van der Waals surface area (Å²) in [7, 11) is -3.00. The van der Waals surface area contributed by atoms with Crippen LogP contribution in [0.1, 0.15) is 28.2 Å². The number of thiophene rings is 1. The van der Waals surface area contributed by atoms with Gasteiger partial charge in [-0.05, 0) is 24.8 Å². The zero-order valence-corrected chi connectivity index (χ0v) is 17.1. The van der Waals surface area contributed by atoms with E-state index in [1.807, 2.05) is 4.72 Å². The maximum Gasteiger partial charge on any atom is 0.335 e. The second-order valence-electron chi connectivity index (χ2n) is 6.00. The molecule has 154 valence electrons. The van der Waals surface area contributed by atoms with Crippen molar-refractivity contribution in [3.8, 4) is 5.88 Å². The van der Waals surface area contributed by atoms with E-state index in [1.165, 1.54) is 24.6 Å². The van der Waals surface area contributed by atoms with E-state index in [2.05, 4.69) is 15.3 Å². The van der Waals surface area contributed by atoms with Crippen molar-refractivity contribution >= 4 is 45.2 Å². The first-order valence-corrected chi connectivity index (χ1v) is 10.7. The summed E-state index contributed by atoms with van der Waals surface area (Å²) >= 11 is 0.876. The molecule has 0 bridgehead atoms. The smallest absolute Gasteiger partial charge is 0.335 e. The van der Waals surface area contributed by atoms with Crippen LogP contribution in [0.5, 0.6) is 5.88 Å². The van der Waals surface area contributed by atoms with Crippen molar-refractivity contribution in [2.45, 2.75) is 24.7 Å². The molecule has 1 aliphatic rings. The second-order valence-corrected chi connectivity index (χ2v) is 8.57. The first-order valence-electron chi connectivity index (χ1n) is 8.37. The van der Waals surface area contributed by atoms with Crippen molar-refractivity contribution in [1.29, 1.82) is 0 Å². The van der Waals surface area contributed by atoms with Crippen molar-refractivity contribution in [3.05, 3.63) is 28.1 Å². The second kappa shape index (κ2) is 8.13. The summed E-state index contributed by atoms with van der Waals surface area (Å²) in [6, 6.07) is 1.61. The highest BCUT2D eigenvalue weighted by molar-refractivity contribution is 7.90. The van der Waals surface area contributed by atoms with Crippen LogP contribution in [0.2, 0.25) is 0 Å².